The molecule has 0 radical (unpaired) electrons. The van der Waals surface area contributed by atoms with E-state index >= 15 is 0 Å². The number of carbonyl (C=O) groups excluding carboxylic acids is 3. The highest BCUT2D eigenvalue weighted by Gasteiger charge is 2.26. The molecule has 0 aromatic heterocycles. The van der Waals surface area contributed by atoms with Gasteiger partial charge in [-0.2, -0.15) is 0 Å². The monoisotopic (exact) mass is 441 g/mol. The number of anilines is 1. The Morgan fingerprint density at radius 3 is 2.31 bits per heavy atom. The zero-order chi connectivity index (χ0) is 23.3. The Morgan fingerprint density at radius 2 is 1.69 bits per heavy atom. The molecule has 3 rings (SSSR count). The Morgan fingerprint density at radius 1 is 1.00 bits per heavy atom. The number of aliphatic hydroxyl groups is 1. The van der Waals surface area contributed by atoms with Crippen molar-refractivity contribution in [1.29, 1.82) is 0 Å². The van der Waals surface area contributed by atoms with Gasteiger partial charge >= 0.3 is 12.0 Å². The molecule has 9 heteroatoms. The molecule has 0 aliphatic carbocycles. The van der Waals surface area contributed by atoms with Crippen molar-refractivity contribution in [3.8, 4) is 5.75 Å². The predicted molar refractivity (Wildman–Crippen MR) is 118 cm³/mol. The molecule has 1 fully saturated rings. The minimum absolute atomic E-state index is 0.196. The molecule has 0 atom stereocenters. The summed E-state index contributed by atoms with van der Waals surface area (Å²) in [6, 6.07) is 9.62. The molecule has 2 aromatic rings. The van der Waals surface area contributed by atoms with Crippen molar-refractivity contribution >= 4 is 23.6 Å². The van der Waals surface area contributed by atoms with Gasteiger partial charge in [0, 0.05) is 37.4 Å². The van der Waals surface area contributed by atoms with Crippen molar-refractivity contribution in [2.45, 2.75) is 13.5 Å². The SMILES string of the molecule is COC(=O)c1ccc(C)c(NC(=O)N2CCN(C(=O)c3ccc(OC)cc3CO)CC2)c1. The third-order valence-corrected chi connectivity index (χ3v) is 5.47. The van der Waals surface area contributed by atoms with Gasteiger partial charge in [0.25, 0.3) is 5.91 Å². The molecule has 1 heterocycles. The van der Waals surface area contributed by atoms with Crippen LogP contribution in [0.2, 0.25) is 0 Å². The number of benzene rings is 2. The average molecular weight is 441 g/mol. The van der Waals surface area contributed by atoms with Crippen LogP contribution in [0.5, 0.6) is 5.75 Å². The Labute approximate surface area is 186 Å². The van der Waals surface area contributed by atoms with Gasteiger partial charge in [0.05, 0.1) is 26.4 Å². The molecule has 0 unspecified atom stereocenters. The van der Waals surface area contributed by atoms with Crippen LogP contribution in [-0.2, 0) is 11.3 Å². The van der Waals surface area contributed by atoms with Gasteiger partial charge in [-0.25, -0.2) is 9.59 Å². The zero-order valence-corrected chi connectivity index (χ0v) is 18.4. The van der Waals surface area contributed by atoms with Gasteiger partial charge in [-0.3, -0.25) is 4.79 Å². The number of aliphatic hydroxyl groups excluding tert-OH is 1. The number of nitrogens with one attached hydrogen (secondary N) is 1. The van der Waals surface area contributed by atoms with Gasteiger partial charge in [-0.1, -0.05) is 6.07 Å². The minimum atomic E-state index is -0.478. The number of carbonyl (C=O) groups is 3. The van der Waals surface area contributed by atoms with E-state index in [1.54, 1.807) is 46.2 Å². The number of nitrogens with zero attached hydrogens (tertiary/aromatic N) is 2. The standard InChI is InChI=1S/C23H27N3O6/c1-15-4-5-16(22(29)32-3)13-20(15)24-23(30)26-10-8-25(9-11-26)21(28)19-7-6-18(31-2)12-17(19)14-27/h4-7,12-13,27H,8-11,14H2,1-3H3,(H,24,30). The molecule has 0 spiro atoms. The number of amides is 3. The Hall–Kier alpha value is -3.59. The van der Waals surface area contributed by atoms with Crippen molar-refractivity contribution < 1.29 is 29.0 Å². The van der Waals surface area contributed by atoms with Crippen LogP contribution >= 0.6 is 0 Å². The molecular weight excluding hydrogens is 414 g/mol. The number of hydrogen-bond acceptors (Lipinski definition) is 6. The number of rotatable bonds is 5. The molecule has 32 heavy (non-hydrogen) atoms. The number of hydrogen-bond donors (Lipinski definition) is 2. The normalized spacial score (nSPS) is 13.5. The molecule has 1 aliphatic heterocycles. The Balaban J connectivity index is 1.63. The van der Waals surface area contributed by atoms with E-state index < -0.39 is 5.97 Å². The number of urea groups is 1. The molecule has 1 aliphatic rings. The topological polar surface area (TPSA) is 108 Å². The van der Waals surface area contributed by atoms with Crippen LogP contribution in [0, 0.1) is 6.92 Å². The van der Waals surface area contributed by atoms with E-state index in [9.17, 15) is 19.5 Å². The number of ether oxygens (including phenoxy) is 2. The average Bonchev–Trinajstić information content (AvgIpc) is 2.83. The van der Waals surface area contributed by atoms with Crippen molar-refractivity contribution in [2.75, 3.05) is 45.7 Å². The fourth-order valence-corrected chi connectivity index (χ4v) is 3.52. The third-order valence-electron chi connectivity index (χ3n) is 5.47. The van der Waals surface area contributed by atoms with E-state index in [2.05, 4.69) is 5.32 Å². The first-order chi connectivity index (χ1) is 15.4. The molecule has 0 bridgehead atoms. The predicted octanol–water partition coefficient (Wildman–Crippen LogP) is 2.27. The molecular formula is C23H27N3O6. The number of esters is 1. The maximum atomic E-state index is 12.9. The summed E-state index contributed by atoms with van der Waals surface area (Å²) in [5.74, 6) is -0.106. The largest absolute Gasteiger partial charge is 0.497 e. The van der Waals surface area contributed by atoms with Crippen molar-refractivity contribution in [3.63, 3.8) is 0 Å². The summed E-state index contributed by atoms with van der Waals surface area (Å²) >= 11 is 0. The Bertz CT molecular complexity index is 1010. The number of aryl methyl sites for hydroxylation is 1. The van der Waals surface area contributed by atoms with Crippen LogP contribution in [-0.4, -0.2) is 73.2 Å². The first kappa shape index (κ1) is 23.1. The second kappa shape index (κ2) is 10.1. The summed E-state index contributed by atoms with van der Waals surface area (Å²) in [5.41, 5.74) is 2.61. The molecule has 9 nitrogen and oxygen atoms in total. The van der Waals surface area contributed by atoms with Gasteiger partial charge < -0.3 is 29.7 Å². The first-order valence-corrected chi connectivity index (χ1v) is 10.2. The molecule has 2 N–H and O–H groups in total. The van der Waals surface area contributed by atoms with E-state index in [4.69, 9.17) is 9.47 Å². The summed E-state index contributed by atoms with van der Waals surface area (Å²) in [6.45, 7) is 3.01. The van der Waals surface area contributed by atoms with Crippen LogP contribution in [0.15, 0.2) is 36.4 Å². The lowest BCUT2D eigenvalue weighted by Gasteiger charge is -2.35. The number of piperazine rings is 1. The lowest BCUT2D eigenvalue weighted by Crippen LogP contribution is -2.51. The van der Waals surface area contributed by atoms with Crippen LogP contribution in [0.4, 0.5) is 10.5 Å². The number of methoxy groups -OCH3 is 2. The van der Waals surface area contributed by atoms with Crippen LogP contribution < -0.4 is 10.1 Å². The smallest absolute Gasteiger partial charge is 0.337 e. The van der Waals surface area contributed by atoms with E-state index in [1.807, 2.05) is 6.92 Å². The van der Waals surface area contributed by atoms with E-state index in [-0.39, 0.29) is 18.5 Å². The molecule has 3 amide bonds. The summed E-state index contributed by atoms with van der Waals surface area (Å²) in [4.78, 5) is 40.7. The van der Waals surface area contributed by atoms with Gasteiger partial charge in [0.15, 0.2) is 0 Å². The zero-order valence-electron chi connectivity index (χ0n) is 18.4. The summed E-state index contributed by atoms with van der Waals surface area (Å²) in [5, 5.41) is 12.5. The fraction of sp³-hybridized carbons (Fsp3) is 0.348. The molecule has 1 saturated heterocycles. The van der Waals surface area contributed by atoms with Crippen LogP contribution in [0.1, 0.15) is 31.8 Å². The highest BCUT2D eigenvalue weighted by atomic mass is 16.5. The highest BCUT2D eigenvalue weighted by molar-refractivity contribution is 5.97. The van der Waals surface area contributed by atoms with Gasteiger partial charge in [0.1, 0.15) is 5.75 Å². The second-order valence-electron chi connectivity index (χ2n) is 7.41. The van der Waals surface area contributed by atoms with Gasteiger partial charge in [-0.05, 0) is 48.4 Å². The van der Waals surface area contributed by atoms with Gasteiger partial charge in [-0.15, -0.1) is 0 Å². The molecule has 0 saturated carbocycles. The van der Waals surface area contributed by atoms with Crippen LogP contribution in [0.25, 0.3) is 0 Å². The lowest BCUT2D eigenvalue weighted by atomic mass is 10.1. The first-order valence-electron chi connectivity index (χ1n) is 10.2. The quantitative estimate of drug-likeness (QED) is 0.689. The molecule has 2 aromatic carbocycles. The minimum Gasteiger partial charge on any atom is -0.497 e. The van der Waals surface area contributed by atoms with E-state index in [0.717, 1.165) is 5.56 Å². The van der Waals surface area contributed by atoms with Crippen molar-refractivity contribution in [3.05, 3.63) is 58.7 Å². The lowest BCUT2D eigenvalue weighted by molar-refractivity contribution is 0.0600. The fourth-order valence-electron chi connectivity index (χ4n) is 3.52. The maximum Gasteiger partial charge on any atom is 0.337 e. The van der Waals surface area contributed by atoms with Crippen molar-refractivity contribution in [1.82, 2.24) is 9.80 Å². The van der Waals surface area contributed by atoms with E-state index in [0.29, 0.717) is 54.3 Å². The van der Waals surface area contributed by atoms with E-state index in [1.165, 1.54) is 14.2 Å². The maximum absolute atomic E-state index is 12.9. The highest BCUT2D eigenvalue weighted by Crippen LogP contribution is 2.21. The third kappa shape index (κ3) is 5.00. The van der Waals surface area contributed by atoms with Crippen molar-refractivity contribution in [2.24, 2.45) is 0 Å². The summed E-state index contributed by atoms with van der Waals surface area (Å²) in [7, 11) is 2.83. The Kier molecular flexibility index (Phi) is 7.32. The summed E-state index contributed by atoms with van der Waals surface area (Å²) < 4.78 is 9.88. The van der Waals surface area contributed by atoms with Gasteiger partial charge in [0.2, 0.25) is 0 Å². The second-order valence-corrected chi connectivity index (χ2v) is 7.41. The van der Waals surface area contributed by atoms with Crippen LogP contribution in [0.3, 0.4) is 0 Å². The summed E-state index contributed by atoms with van der Waals surface area (Å²) in [6.07, 6.45) is 0. The molecule has 170 valence electrons.